The Bertz CT molecular complexity index is 2480. The number of carbonyl (C=O) groups excluding carboxylic acids is 4. The van der Waals surface area contributed by atoms with Gasteiger partial charge in [0.05, 0.1) is 22.6 Å². The maximum Gasteiger partial charge on any atom is 0.265 e. The first-order chi connectivity index (χ1) is 31.0. The number of carbonyl (C=O) groups is 4. The summed E-state index contributed by atoms with van der Waals surface area (Å²) in [4.78, 5) is 62.2. The van der Waals surface area contributed by atoms with Crippen LogP contribution in [0.5, 0.6) is 0 Å². The molecule has 332 valence electrons. The predicted molar refractivity (Wildman–Crippen MR) is 242 cm³/mol. The van der Waals surface area contributed by atoms with E-state index in [-0.39, 0.29) is 41.7 Å². The molecule has 4 aromatic carbocycles. The van der Waals surface area contributed by atoms with Crippen molar-refractivity contribution < 1.29 is 28.0 Å². The van der Waals surface area contributed by atoms with Crippen LogP contribution in [-0.4, -0.2) is 95.4 Å². The highest BCUT2D eigenvalue weighted by atomic mass is 35.5. The average Bonchev–Trinajstić information content (AvgIpc) is 3.30. The lowest BCUT2D eigenvalue weighted by Gasteiger charge is -2.38. The summed E-state index contributed by atoms with van der Waals surface area (Å²) in [7, 11) is 0. The lowest BCUT2D eigenvalue weighted by atomic mass is 9.94. The molecule has 8 rings (SSSR count). The summed E-state index contributed by atoms with van der Waals surface area (Å²) >= 11 is 6.15. The van der Waals surface area contributed by atoms with Gasteiger partial charge < -0.3 is 26.2 Å². The molecule has 1 atom stereocenters. The standard InChI is InChI=1S/C46H48ClF2N11O4/c47-35-3-1-2-4-38(35)54-43(62)30-5-9-32(10-6-30)52-42-37(49)28-50-46(56-42)53-33-11-7-31(8-12-33)44(63)57-60-21-18-29(19-22-60)17-20-58-23-25-59(26-24-58)40-15-13-34(27-36(40)48)51-39-14-16-41(61)55-45(39)64/h1-13,15,27-29,39,51H,14,16-26H2,(H,54,62)(H,57,63)(H,55,61,64)(H2,50,52,53,56). The SMILES string of the molecule is O=C1CCC(Nc2ccc(N3CCN(CCC4CCN(NC(=O)c5ccc(Nc6ncc(F)c(Nc7ccc(C(=O)Nc8ccccc8Cl)cc7)n6)cc5)CC4)CC3)c(F)c2)C(=O)N1. The number of piperidine rings is 2. The zero-order valence-electron chi connectivity index (χ0n) is 34.9. The molecule has 4 amide bonds. The van der Waals surface area contributed by atoms with Gasteiger partial charge in [0.25, 0.3) is 11.8 Å². The second kappa shape index (κ2) is 20.2. The molecule has 0 bridgehead atoms. The van der Waals surface area contributed by atoms with E-state index in [2.05, 4.69) is 51.8 Å². The molecule has 0 radical (unpaired) electrons. The Labute approximate surface area is 373 Å². The largest absolute Gasteiger partial charge is 0.374 e. The Hall–Kier alpha value is -6.69. The molecule has 3 saturated heterocycles. The summed E-state index contributed by atoms with van der Waals surface area (Å²) in [6.07, 6.45) is 4.67. The van der Waals surface area contributed by atoms with E-state index >= 15 is 4.39 Å². The lowest BCUT2D eigenvalue weighted by Crippen LogP contribution is -2.48. The molecule has 1 unspecified atom stereocenters. The van der Waals surface area contributed by atoms with Crippen LogP contribution < -0.4 is 36.9 Å². The van der Waals surface area contributed by atoms with Crippen LogP contribution in [0.25, 0.3) is 0 Å². The number of halogens is 3. The first-order valence-corrected chi connectivity index (χ1v) is 21.7. The van der Waals surface area contributed by atoms with Gasteiger partial charge in [-0.2, -0.15) is 4.98 Å². The molecule has 0 saturated carbocycles. The molecule has 1 aromatic heterocycles. The lowest BCUT2D eigenvalue weighted by molar-refractivity contribution is -0.133. The zero-order valence-corrected chi connectivity index (χ0v) is 35.6. The fourth-order valence-corrected chi connectivity index (χ4v) is 8.14. The molecule has 3 fully saturated rings. The van der Waals surface area contributed by atoms with Crippen LogP contribution in [0.2, 0.25) is 5.02 Å². The molecule has 18 heteroatoms. The topological polar surface area (TPSA) is 176 Å². The van der Waals surface area contributed by atoms with Gasteiger partial charge in [-0.25, -0.2) is 18.8 Å². The van der Waals surface area contributed by atoms with E-state index in [1.807, 2.05) is 5.01 Å². The quantitative estimate of drug-likeness (QED) is 0.0636. The van der Waals surface area contributed by atoms with Gasteiger partial charge in [-0.15, -0.1) is 0 Å². The third-order valence-electron chi connectivity index (χ3n) is 11.6. The molecule has 3 aliphatic rings. The fraction of sp³-hybridized carbons (Fsp3) is 0.304. The highest BCUT2D eigenvalue weighted by Crippen LogP contribution is 2.28. The van der Waals surface area contributed by atoms with Gasteiger partial charge in [0.2, 0.25) is 17.8 Å². The predicted octanol–water partition coefficient (Wildman–Crippen LogP) is 6.93. The molecule has 6 N–H and O–H groups in total. The minimum absolute atomic E-state index is 0.0645. The smallest absolute Gasteiger partial charge is 0.265 e. The van der Waals surface area contributed by atoms with Gasteiger partial charge in [-0.3, -0.25) is 34.8 Å². The Morgan fingerprint density at radius 3 is 2.12 bits per heavy atom. The second-order valence-corrected chi connectivity index (χ2v) is 16.4. The van der Waals surface area contributed by atoms with Crippen molar-refractivity contribution in [3.63, 3.8) is 0 Å². The van der Waals surface area contributed by atoms with Gasteiger partial charge in [0, 0.05) is 73.9 Å². The number of amides is 4. The van der Waals surface area contributed by atoms with Crippen molar-refractivity contribution in [3.8, 4) is 0 Å². The number of nitrogens with one attached hydrogen (secondary N) is 6. The normalized spacial score (nSPS) is 17.4. The van der Waals surface area contributed by atoms with Crippen molar-refractivity contribution in [1.29, 1.82) is 0 Å². The van der Waals surface area contributed by atoms with Gasteiger partial charge in [0.15, 0.2) is 11.6 Å². The van der Waals surface area contributed by atoms with E-state index in [4.69, 9.17) is 11.6 Å². The molecule has 15 nitrogen and oxygen atoms in total. The number of nitrogens with zero attached hydrogens (tertiary/aromatic N) is 5. The van der Waals surface area contributed by atoms with Crippen LogP contribution in [0.1, 0.15) is 52.8 Å². The molecule has 0 aliphatic carbocycles. The van der Waals surface area contributed by atoms with Crippen molar-refractivity contribution in [2.24, 2.45) is 5.92 Å². The van der Waals surface area contributed by atoms with E-state index in [1.54, 1.807) is 84.9 Å². The summed E-state index contributed by atoms with van der Waals surface area (Å²) in [5.74, 6) is -1.63. The van der Waals surface area contributed by atoms with E-state index in [9.17, 15) is 23.6 Å². The van der Waals surface area contributed by atoms with Crippen molar-refractivity contribution in [3.05, 3.63) is 125 Å². The molecule has 5 aromatic rings. The molecular weight excluding hydrogens is 844 g/mol. The molecule has 0 spiro atoms. The molecule has 4 heterocycles. The Balaban J connectivity index is 0.736. The average molecular weight is 892 g/mol. The van der Waals surface area contributed by atoms with Gasteiger partial charge in [-0.05, 0) is 117 Å². The van der Waals surface area contributed by atoms with Gasteiger partial charge in [0.1, 0.15) is 11.9 Å². The zero-order chi connectivity index (χ0) is 44.6. The van der Waals surface area contributed by atoms with Crippen molar-refractivity contribution >= 4 is 75.4 Å². The summed E-state index contributed by atoms with van der Waals surface area (Å²) in [6.45, 7) is 5.55. The monoisotopic (exact) mass is 891 g/mol. The van der Waals surface area contributed by atoms with E-state index in [0.717, 1.165) is 58.2 Å². The number of hydrogen-bond donors (Lipinski definition) is 6. The Kier molecular flexibility index (Phi) is 13.9. The summed E-state index contributed by atoms with van der Waals surface area (Å²) in [5, 5.41) is 16.5. The first kappa shape index (κ1) is 43.9. The highest BCUT2D eigenvalue weighted by molar-refractivity contribution is 6.33. The number of benzene rings is 4. The number of aromatic nitrogens is 2. The van der Waals surface area contributed by atoms with Crippen molar-refractivity contribution in [2.45, 2.75) is 38.1 Å². The molecular formula is C46H48ClF2N11O4. The Morgan fingerprint density at radius 2 is 1.44 bits per heavy atom. The summed E-state index contributed by atoms with van der Waals surface area (Å²) in [6, 6.07) is 24.6. The molecule has 64 heavy (non-hydrogen) atoms. The number of rotatable bonds is 14. The van der Waals surface area contributed by atoms with Gasteiger partial charge >= 0.3 is 0 Å². The minimum Gasteiger partial charge on any atom is -0.374 e. The number of hydrazine groups is 1. The van der Waals surface area contributed by atoms with Gasteiger partial charge in [-0.1, -0.05) is 23.7 Å². The summed E-state index contributed by atoms with van der Waals surface area (Å²) < 4.78 is 29.9. The number of imide groups is 1. The van der Waals surface area contributed by atoms with Crippen LogP contribution in [0.3, 0.4) is 0 Å². The van der Waals surface area contributed by atoms with Crippen LogP contribution in [0.15, 0.2) is 97.2 Å². The van der Waals surface area contributed by atoms with Crippen molar-refractivity contribution in [2.75, 3.05) is 72.0 Å². The number of anilines is 7. The number of para-hydroxylation sites is 1. The maximum absolute atomic E-state index is 15.2. The first-order valence-electron chi connectivity index (χ1n) is 21.3. The number of piperazine rings is 1. The molecule has 3 aliphatic heterocycles. The van der Waals surface area contributed by atoms with Crippen LogP contribution >= 0.6 is 11.6 Å². The highest BCUT2D eigenvalue weighted by Gasteiger charge is 2.28. The van der Waals surface area contributed by atoms with E-state index in [1.165, 1.54) is 6.07 Å². The van der Waals surface area contributed by atoms with Crippen molar-refractivity contribution in [1.82, 2.24) is 30.6 Å². The fourth-order valence-electron chi connectivity index (χ4n) is 7.95. The van der Waals surface area contributed by atoms with Crippen LogP contribution in [0.4, 0.5) is 49.0 Å². The van der Waals surface area contributed by atoms with Crippen LogP contribution in [0, 0.1) is 17.6 Å². The summed E-state index contributed by atoms with van der Waals surface area (Å²) in [5.41, 5.74) is 6.56. The second-order valence-electron chi connectivity index (χ2n) is 16.0. The number of hydrogen-bond acceptors (Lipinski definition) is 12. The van der Waals surface area contributed by atoms with E-state index < -0.39 is 17.8 Å². The maximum atomic E-state index is 15.2. The Morgan fingerprint density at radius 1 is 0.766 bits per heavy atom. The third-order valence-corrected chi connectivity index (χ3v) is 12.0. The third kappa shape index (κ3) is 11.3. The minimum atomic E-state index is -0.667. The van der Waals surface area contributed by atoms with E-state index in [0.29, 0.717) is 70.0 Å². The van der Waals surface area contributed by atoms with Crippen LogP contribution in [-0.2, 0) is 9.59 Å².